The van der Waals surface area contributed by atoms with E-state index < -0.39 is 0 Å². The van der Waals surface area contributed by atoms with Crippen molar-refractivity contribution in [2.75, 3.05) is 38.5 Å². The molecule has 8 heteroatoms. The highest BCUT2D eigenvalue weighted by Gasteiger charge is 2.26. The first-order valence-corrected chi connectivity index (χ1v) is 15.0. The molecule has 212 valence electrons. The zero-order valence-electron chi connectivity index (χ0n) is 24.1. The minimum absolute atomic E-state index is 0.205. The third kappa shape index (κ3) is 7.87. The third-order valence-corrected chi connectivity index (χ3v) is 8.62. The van der Waals surface area contributed by atoms with Gasteiger partial charge >= 0.3 is 0 Å². The highest BCUT2D eigenvalue weighted by atomic mass is 32.1. The molecule has 1 heterocycles. The van der Waals surface area contributed by atoms with Crippen molar-refractivity contribution in [3.05, 3.63) is 86.8 Å². The molecule has 0 saturated carbocycles. The molecule has 1 aromatic heterocycles. The summed E-state index contributed by atoms with van der Waals surface area (Å²) in [6.07, 6.45) is 5.53. The molecular formula is C32H41N5O2S. The molecular weight excluding hydrogens is 518 g/mol. The molecule has 2 N–H and O–H groups in total. The summed E-state index contributed by atoms with van der Waals surface area (Å²) in [7, 11) is 2.11. The van der Waals surface area contributed by atoms with E-state index in [4.69, 9.17) is 0 Å². The van der Waals surface area contributed by atoms with Gasteiger partial charge in [0.15, 0.2) is 0 Å². The molecule has 40 heavy (non-hydrogen) atoms. The predicted octanol–water partition coefficient (Wildman–Crippen LogP) is 5.73. The Morgan fingerprint density at radius 3 is 2.50 bits per heavy atom. The monoisotopic (exact) mass is 559 g/mol. The van der Waals surface area contributed by atoms with Gasteiger partial charge in [-0.1, -0.05) is 55.8 Å². The SMILES string of the molecule is CCN(CC)CCN(C)Cc1cccc(C(=O)Nc2sc3c(c2C(=O)N/N=C/c2ccc(C)cc2)CCCC3)c1. The fraction of sp³-hybridized carbons (Fsp3) is 0.406. The summed E-state index contributed by atoms with van der Waals surface area (Å²) in [6.45, 7) is 11.2. The third-order valence-electron chi connectivity index (χ3n) is 7.42. The first kappa shape index (κ1) is 29.6. The van der Waals surface area contributed by atoms with Gasteiger partial charge in [0.1, 0.15) is 5.00 Å². The summed E-state index contributed by atoms with van der Waals surface area (Å²) in [6, 6.07) is 15.7. The second-order valence-electron chi connectivity index (χ2n) is 10.4. The number of carbonyl (C=O) groups excluding carboxylic acids is 2. The van der Waals surface area contributed by atoms with Crippen LogP contribution in [-0.4, -0.2) is 61.1 Å². The second-order valence-corrected chi connectivity index (χ2v) is 11.5. The summed E-state index contributed by atoms with van der Waals surface area (Å²) < 4.78 is 0. The molecule has 0 bridgehead atoms. The number of amides is 2. The first-order chi connectivity index (χ1) is 19.4. The number of likely N-dealkylation sites (N-methyl/N-ethyl adjacent to an activating group) is 2. The van der Waals surface area contributed by atoms with Crippen LogP contribution in [0.1, 0.15) is 74.5 Å². The van der Waals surface area contributed by atoms with Crippen molar-refractivity contribution < 1.29 is 9.59 Å². The van der Waals surface area contributed by atoms with Crippen molar-refractivity contribution in [3.8, 4) is 0 Å². The van der Waals surface area contributed by atoms with E-state index in [0.717, 1.165) is 75.1 Å². The van der Waals surface area contributed by atoms with Gasteiger partial charge in [-0.3, -0.25) is 9.59 Å². The van der Waals surface area contributed by atoms with Gasteiger partial charge in [0.25, 0.3) is 11.8 Å². The van der Waals surface area contributed by atoms with Crippen LogP contribution in [0.3, 0.4) is 0 Å². The molecule has 0 unspecified atom stereocenters. The van der Waals surface area contributed by atoms with Gasteiger partial charge in [0.2, 0.25) is 0 Å². The summed E-state index contributed by atoms with van der Waals surface area (Å²) in [5, 5.41) is 7.85. The normalized spacial score (nSPS) is 13.2. The predicted molar refractivity (Wildman–Crippen MR) is 166 cm³/mol. The largest absolute Gasteiger partial charge is 0.313 e. The number of anilines is 1. The lowest BCUT2D eigenvalue weighted by Gasteiger charge is -2.23. The van der Waals surface area contributed by atoms with Crippen LogP contribution in [0.25, 0.3) is 0 Å². The summed E-state index contributed by atoms with van der Waals surface area (Å²) in [5.74, 6) is -0.495. The molecule has 3 aromatic rings. The molecule has 0 atom stereocenters. The van der Waals surface area contributed by atoms with E-state index in [2.05, 4.69) is 52.6 Å². The molecule has 2 amide bonds. The van der Waals surface area contributed by atoms with Gasteiger partial charge in [0.05, 0.1) is 11.8 Å². The Morgan fingerprint density at radius 1 is 1.00 bits per heavy atom. The van der Waals surface area contributed by atoms with Crippen LogP contribution in [-0.2, 0) is 19.4 Å². The number of hydrazone groups is 1. The molecule has 1 aliphatic rings. The van der Waals surface area contributed by atoms with Crippen LogP contribution in [0.15, 0.2) is 53.6 Å². The molecule has 0 radical (unpaired) electrons. The maximum absolute atomic E-state index is 13.4. The minimum Gasteiger partial charge on any atom is -0.313 e. The lowest BCUT2D eigenvalue weighted by atomic mass is 9.95. The lowest BCUT2D eigenvalue weighted by Crippen LogP contribution is -2.32. The average molecular weight is 560 g/mol. The van der Waals surface area contributed by atoms with E-state index in [-0.39, 0.29) is 11.8 Å². The summed E-state index contributed by atoms with van der Waals surface area (Å²) in [4.78, 5) is 32.5. The van der Waals surface area contributed by atoms with Crippen LogP contribution < -0.4 is 10.7 Å². The number of nitrogens with zero attached hydrogens (tertiary/aromatic N) is 3. The van der Waals surface area contributed by atoms with Crippen molar-refractivity contribution >= 4 is 34.4 Å². The quantitative estimate of drug-likeness (QED) is 0.220. The topological polar surface area (TPSA) is 77.0 Å². The number of benzene rings is 2. The zero-order valence-corrected chi connectivity index (χ0v) is 24.9. The smallest absolute Gasteiger partial charge is 0.274 e. The Bertz CT molecular complexity index is 1330. The molecule has 0 aliphatic heterocycles. The van der Waals surface area contributed by atoms with E-state index in [0.29, 0.717) is 16.1 Å². The molecule has 7 nitrogen and oxygen atoms in total. The van der Waals surface area contributed by atoms with E-state index in [1.807, 2.05) is 49.4 Å². The number of thiophene rings is 1. The van der Waals surface area contributed by atoms with E-state index in [1.54, 1.807) is 6.21 Å². The molecule has 0 spiro atoms. The second kappa shape index (κ2) is 14.3. The van der Waals surface area contributed by atoms with Gasteiger partial charge < -0.3 is 15.1 Å². The number of carbonyl (C=O) groups is 2. The fourth-order valence-corrected chi connectivity index (χ4v) is 6.28. The molecule has 2 aromatic carbocycles. The Hall–Kier alpha value is -3.33. The molecule has 4 rings (SSSR count). The van der Waals surface area contributed by atoms with Crippen LogP contribution >= 0.6 is 11.3 Å². The first-order valence-electron chi connectivity index (χ1n) is 14.2. The maximum atomic E-state index is 13.4. The van der Waals surface area contributed by atoms with Crippen molar-refractivity contribution in [3.63, 3.8) is 0 Å². The van der Waals surface area contributed by atoms with E-state index in [1.165, 1.54) is 21.8 Å². The highest BCUT2D eigenvalue weighted by Crippen LogP contribution is 2.38. The van der Waals surface area contributed by atoms with E-state index >= 15 is 0 Å². The van der Waals surface area contributed by atoms with Crippen molar-refractivity contribution in [2.24, 2.45) is 5.10 Å². The van der Waals surface area contributed by atoms with Crippen molar-refractivity contribution in [2.45, 2.75) is 53.0 Å². The molecule has 1 aliphatic carbocycles. The van der Waals surface area contributed by atoms with Crippen LogP contribution in [0.4, 0.5) is 5.00 Å². The van der Waals surface area contributed by atoms with E-state index in [9.17, 15) is 9.59 Å². The van der Waals surface area contributed by atoms with Gasteiger partial charge in [-0.25, -0.2) is 5.43 Å². The zero-order chi connectivity index (χ0) is 28.5. The lowest BCUT2D eigenvalue weighted by molar-refractivity contribution is 0.0955. The average Bonchev–Trinajstić information content (AvgIpc) is 3.32. The van der Waals surface area contributed by atoms with Gasteiger partial charge in [-0.15, -0.1) is 11.3 Å². The minimum atomic E-state index is -0.290. The number of nitrogens with one attached hydrogen (secondary N) is 2. The van der Waals surface area contributed by atoms with Gasteiger partial charge in [-0.05, 0) is 81.6 Å². The molecule has 0 fully saturated rings. The van der Waals surface area contributed by atoms with Crippen LogP contribution in [0, 0.1) is 6.92 Å². The molecule has 0 saturated heterocycles. The van der Waals surface area contributed by atoms with Crippen LogP contribution in [0.5, 0.6) is 0 Å². The number of fused-ring (bicyclic) bond motifs is 1. The maximum Gasteiger partial charge on any atom is 0.274 e. The van der Waals surface area contributed by atoms with Crippen molar-refractivity contribution in [1.29, 1.82) is 0 Å². The Kier molecular flexibility index (Phi) is 10.6. The fourth-order valence-electron chi connectivity index (χ4n) is 5.00. The highest BCUT2D eigenvalue weighted by molar-refractivity contribution is 7.17. The summed E-state index contributed by atoms with van der Waals surface area (Å²) in [5.41, 5.74) is 8.02. The van der Waals surface area contributed by atoms with Gasteiger partial charge in [0, 0.05) is 30.1 Å². The Morgan fingerprint density at radius 2 is 1.75 bits per heavy atom. The standard InChI is InChI=1S/C32H41N5O2S/c1-5-37(6-2)19-18-36(4)22-25-10-9-11-26(20-25)30(38)34-32-29(27-12-7-8-13-28(27)40-32)31(39)35-33-21-24-16-14-23(3)15-17-24/h9-11,14-17,20-21H,5-8,12-13,18-19,22H2,1-4H3,(H,34,38)(H,35,39)/b33-21+. The summed E-state index contributed by atoms with van der Waals surface area (Å²) >= 11 is 1.52. The van der Waals surface area contributed by atoms with Gasteiger partial charge in [-0.2, -0.15) is 5.10 Å². The van der Waals surface area contributed by atoms with Crippen molar-refractivity contribution in [1.82, 2.24) is 15.2 Å². The number of rotatable bonds is 12. The Labute approximate surface area is 242 Å². The number of hydrogen-bond donors (Lipinski definition) is 2. The number of hydrogen-bond acceptors (Lipinski definition) is 6. The van der Waals surface area contributed by atoms with Crippen LogP contribution in [0.2, 0.25) is 0 Å². The Balaban J connectivity index is 1.46. The number of aryl methyl sites for hydroxylation is 2.